The quantitative estimate of drug-likeness (QED) is 0.906. The molecule has 130 valence electrons. The number of carbonyl (C=O) groups is 1. The van der Waals surface area contributed by atoms with E-state index in [0.29, 0.717) is 5.56 Å². The van der Waals surface area contributed by atoms with Gasteiger partial charge in [0.2, 0.25) is 15.7 Å². The van der Waals surface area contributed by atoms with Crippen LogP contribution in [-0.4, -0.2) is 30.8 Å². The molecule has 1 atom stereocenters. The third-order valence-corrected chi connectivity index (χ3v) is 4.27. The van der Waals surface area contributed by atoms with Gasteiger partial charge in [-0.3, -0.25) is 4.79 Å². The minimum absolute atomic E-state index is 0.00804. The van der Waals surface area contributed by atoms with E-state index in [1.165, 1.54) is 0 Å². The van der Waals surface area contributed by atoms with Gasteiger partial charge in [0.05, 0.1) is 0 Å². The first kappa shape index (κ1) is 18.1. The topological polar surface area (TPSA) is 102 Å². The van der Waals surface area contributed by atoms with Crippen molar-refractivity contribution in [1.29, 1.82) is 0 Å². The van der Waals surface area contributed by atoms with Crippen LogP contribution in [0.5, 0.6) is 0 Å². The zero-order valence-corrected chi connectivity index (χ0v) is 15.1. The number of amides is 1. The number of nitrogens with one attached hydrogen (secondary N) is 1. The number of hydrogen-bond acceptors (Lipinski definition) is 6. The number of carbonyl (C=O) groups excluding carboxylic acids is 1. The molecule has 7 nitrogen and oxygen atoms in total. The van der Waals surface area contributed by atoms with Gasteiger partial charge in [-0.15, -0.1) is 5.10 Å². The number of nitrogens with zero attached hydrogens (tertiary/aromatic N) is 2. The monoisotopic (exact) mass is 351 g/mol. The van der Waals surface area contributed by atoms with Crippen molar-refractivity contribution in [2.24, 2.45) is 0 Å². The Morgan fingerprint density at radius 2 is 1.75 bits per heavy atom. The average molecular weight is 351 g/mol. The number of hydrogen-bond donors (Lipinski definition) is 1. The highest BCUT2D eigenvalue weighted by Gasteiger charge is 2.22. The molecule has 0 saturated carbocycles. The van der Waals surface area contributed by atoms with E-state index < -0.39 is 21.1 Å². The van der Waals surface area contributed by atoms with Gasteiger partial charge in [-0.05, 0) is 30.0 Å². The van der Waals surface area contributed by atoms with E-state index >= 15 is 0 Å². The van der Waals surface area contributed by atoms with Crippen LogP contribution in [0.4, 0.5) is 0 Å². The van der Waals surface area contributed by atoms with Gasteiger partial charge in [-0.1, -0.05) is 38.0 Å². The number of aromatic nitrogens is 2. The Kier molecular flexibility index (Phi) is 4.80. The highest BCUT2D eigenvalue weighted by Crippen LogP contribution is 2.22. The van der Waals surface area contributed by atoms with Crippen LogP contribution in [0, 0.1) is 0 Å². The van der Waals surface area contributed by atoms with Gasteiger partial charge in [0.25, 0.3) is 5.91 Å². The first-order chi connectivity index (χ1) is 11.0. The SMILES string of the molecule is C[C@H](NC(=O)c1ccc(C(C)(C)C)cc1)c1nnc(S(C)(=O)=O)o1. The average Bonchev–Trinajstić information content (AvgIpc) is 2.96. The molecule has 1 aromatic carbocycles. The molecule has 8 heteroatoms. The number of benzene rings is 1. The number of rotatable bonds is 4. The van der Waals surface area contributed by atoms with Crippen LogP contribution in [0.2, 0.25) is 0 Å². The summed E-state index contributed by atoms with van der Waals surface area (Å²) < 4.78 is 27.8. The van der Waals surface area contributed by atoms with Crippen LogP contribution in [0.1, 0.15) is 55.5 Å². The Morgan fingerprint density at radius 3 is 2.21 bits per heavy atom. The molecule has 0 fully saturated rings. The largest absolute Gasteiger partial charge is 0.410 e. The predicted molar refractivity (Wildman–Crippen MR) is 88.4 cm³/mol. The van der Waals surface area contributed by atoms with Crippen LogP contribution < -0.4 is 5.32 Å². The molecule has 0 unspecified atom stereocenters. The van der Waals surface area contributed by atoms with Gasteiger partial charge in [-0.2, -0.15) is 0 Å². The lowest BCUT2D eigenvalue weighted by molar-refractivity contribution is 0.0933. The third-order valence-electron chi connectivity index (χ3n) is 3.47. The predicted octanol–water partition coefficient (Wildman–Crippen LogP) is 2.26. The first-order valence-electron chi connectivity index (χ1n) is 7.43. The van der Waals surface area contributed by atoms with Crippen molar-refractivity contribution in [3.05, 3.63) is 41.3 Å². The smallest absolute Gasteiger partial charge is 0.335 e. The van der Waals surface area contributed by atoms with Crippen molar-refractivity contribution < 1.29 is 17.6 Å². The zero-order chi connectivity index (χ0) is 18.1. The second-order valence-electron chi connectivity index (χ2n) is 6.70. The maximum Gasteiger partial charge on any atom is 0.335 e. The van der Waals surface area contributed by atoms with Crippen LogP contribution in [0.25, 0.3) is 0 Å². The Morgan fingerprint density at radius 1 is 1.17 bits per heavy atom. The van der Waals surface area contributed by atoms with Gasteiger partial charge >= 0.3 is 5.22 Å². The summed E-state index contributed by atoms with van der Waals surface area (Å²) in [6.45, 7) is 7.93. The van der Waals surface area contributed by atoms with E-state index in [1.54, 1.807) is 19.1 Å². The fourth-order valence-corrected chi connectivity index (χ4v) is 2.43. The van der Waals surface area contributed by atoms with E-state index in [0.717, 1.165) is 11.8 Å². The second-order valence-corrected chi connectivity index (χ2v) is 8.59. The summed E-state index contributed by atoms with van der Waals surface area (Å²) >= 11 is 0. The molecule has 2 rings (SSSR count). The van der Waals surface area contributed by atoms with Crippen molar-refractivity contribution in [1.82, 2.24) is 15.5 Å². The Labute approximate surface area is 141 Å². The van der Waals surface area contributed by atoms with Crippen LogP contribution in [-0.2, 0) is 15.3 Å². The molecule has 0 aliphatic rings. The van der Waals surface area contributed by atoms with Gasteiger partial charge in [0, 0.05) is 11.8 Å². The summed E-state index contributed by atoms with van der Waals surface area (Å²) in [6.07, 6.45) is 0.977. The van der Waals surface area contributed by atoms with Gasteiger partial charge in [0.1, 0.15) is 6.04 Å². The van der Waals surface area contributed by atoms with E-state index in [-0.39, 0.29) is 17.2 Å². The molecule has 24 heavy (non-hydrogen) atoms. The molecular weight excluding hydrogens is 330 g/mol. The van der Waals surface area contributed by atoms with Gasteiger partial charge in [0.15, 0.2) is 0 Å². The first-order valence-corrected chi connectivity index (χ1v) is 9.32. The second kappa shape index (κ2) is 6.35. The molecule has 1 N–H and O–H groups in total. The molecule has 0 saturated heterocycles. The Balaban J connectivity index is 2.10. The Bertz CT molecular complexity index is 833. The standard InChI is InChI=1S/C16H21N3O4S/c1-10(14-18-19-15(23-14)24(5,21)22)17-13(20)11-6-8-12(9-7-11)16(2,3)4/h6-10H,1-5H3,(H,17,20)/t10-/m0/s1. The molecule has 0 aliphatic heterocycles. The highest BCUT2D eigenvalue weighted by molar-refractivity contribution is 7.90. The molecule has 0 spiro atoms. The molecule has 1 heterocycles. The van der Waals surface area contributed by atoms with Gasteiger partial charge < -0.3 is 9.73 Å². The summed E-state index contributed by atoms with van der Waals surface area (Å²) in [6, 6.07) is 6.71. The maximum atomic E-state index is 12.3. The summed E-state index contributed by atoms with van der Waals surface area (Å²) in [5.74, 6) is -0.267. The maximum absolute atomic E-state index is 12.3. The fraction of sp³-hybridized carbons (Fsp3) is 0.438. The minimum Gasteiger partial charge on any atom is -0.410 e. The number of sulfone groups is 1. The van der Waals surface area contributed by atoms with Crippen molar-refractivity contribution in [3.63, 3.8) is 0 Å². The minimum atomic E-state index is -3.57. The van der Waals surface area contributed by atoms with Crippen LogP contribution in [0.3, 0.4) is 0 Å². The van der Waals surface area contributed by atoms with Crippen molar-refractivity contribution in [3.8, 4) is 0 Å². The van der Waals surface area contributed by atoms with E-state index in [9.17, 15) is 13.2 Å². The third kappa shape index (κ3) is 4.19. The van der Waals surface area contributed by atoms with E-state index in [1.807, 2.05) is 12.1 Å². The molecule has 0 aliphatic carbocycles. The van der Waals surface area contributed by atoms with Crippen molar-refractivity contribution in [2.45, 2.75) is 44.4 Å². The zero-order valence-electron chi connectivity index (χ0n) is 14.3. The summed E-state index contributed by atoms with van der Waals surface area (Å²) in [5, 5.41) is 9.38. The van der Waals surface area contributed by atoms with Crippen LogP contribution >= 0.6 is 0 Å². The lowest BCUT2D eigenvalue weighted by atomic mass is 9.86. The van der Waals surface area contributed by atoms with Crippen molar-refractivity contribution >= 4 is 15.7 Å². The lowest BCUT2D eigenvalue weighted by Gasteiger charge is -2.19. The molecule has 1 aromatic heterocycles. The van der Waals surface area contributed by atoms with Gasteiger partial charge in [-0.25, -0.2) is 8.42 Å². The molecule has 0 radical (unpaired) electrons. The van der Waals surface area contributed by atoms with E-state index in [4.69, 9.17) is 4.42 Å². The normalized spacial score (nSPS) is 13.5. The fourth-order valence-electron chi connectivity index (χ4n) is 2.01. The Hall–Kier alpha value is -2.22. The molecule has 2 aromatic rings. The summed E-state index contributed by atoms with van der Waals surface area (Å²) in [5.41, 5.74) is 1.63. The highest BCUT2D eigenvalue weighted by atomic mass is 32.2. The molecular formula is C16H21N3O4S. The van der Waals surface area contributed by atoms with Crippen molar-refractivity contribution in [2.75, 3.05) is 6.26 Å². The van der Waals surface area contributed by atoms with E-state index in [2.05, 4.69) is 36.3 Å². The summed E-state index contributed by atoms with van der Waals surface area (Å²) in [7, 11) is -3.57. The molecule has 1 amide bonds. The lowest BCUT2D eigenvalue weighted by Crippen LogP contribution is -2.27. The summed E-state index contributed by atoms with van der Waals surface area (Å²) in [4.78, 5) is 12.3. The van der Waals surface area contributed by atoms with Crippen LogP contribution in [0.15, 0.2) is 33.9 Å². The molecule has 0 bridgehead atoms.